The number of rotatable bonds is 4. The van der Waals surface area contributed by atoms with E-state index >= 15 is 0 Å². The van der Waals surface area contributed by atoms with Gasteiger partial charge in [0, 0.05) is 10.9 Å². The Balaban J connectivity index is 1.85. The normalized spacial score (nSPS) is 11.5. The molecule has 4 rings (SSSR count). The van der Waals surface area contributed by atoms with Gasteiger partial charge in [-0.1, -0.05) is 43.6 Å². The average Bonchev–Trinajstić information content (AvgIpc) is 3.00. The predicted molar refractivity (Wildman–Crippen MR) is 99.9 cm³/mol. The van der Waals surface area contributed by atoms with Gasteiger partial charge in [-0.3, -0.25) is 0 Å². The van der Waals surface area contributed by atoms with Crippen molar-refractivity contribution in [1.82, 2.24) is 24.7 Å². The fourth-order valence-corrected chi connectivity index (χ4v) is 3.39. The summed E-state index contributed by atoms with van der Waals surface area (Å²) in [6, 6.07) is 10.0. The summed E-state index contributed by atoms with van der Waals surface area (Å²) in [5, 5.41) is 7.40. The number of pyridine rings is 1. The van der Waals surface area contributed by atoms with Gasteiger partial charge in [-0.15, -0.1) is 0 Å². The van der Waals surface area contributed by atoms with Crippen LogP contribution in [0, 0.1) is 0 Å². The van der Waals surface area contributed by atoms with Crippen LogP contribution in [0.15, 0.2) is 36.7 Å². The van der Waals surface area contributed by atoms with Crippen molar-refractivity contribution in [2.75, 3.05) is 0 Å². The topological polar surface area (TPSA) is 56.5 Å². The fraction of sp³-hybridized carbons (Fsp3) is 0.263. The number of halogens is 1. The Morgan fingerprint density at radius 2 is 1.84 bits per heavy atom. The third-order valence-electron chi connectivity index (χ3n) is 4.42. The monoisotopic (exact) mass is 351 g/mol. The number of nitrogens with zero attached hydrogens (tertiary/aromatic N) is 5. The third-order valence-corrected chi connectivity index (χ3v) is 4.75. The van der Waals surface area contributed by atoms with E-state index in [0.717, 1.165) is 51.7 Å². The van der Waals surface area contributed by atoms with Crippen molar-refractivity contribution in [1.29, 1.82) is 0 Å². The molecule has 6 heteroatoms. The van der Waals surface area contributed by atoms with E-state index in [1.807, 2.05) is 28.9 Å². The first-order chi connectivity index (χ1) is 12.2. The lowest BCUT2D eigenvalue weighted by molar-refractivity contribution is 0.688. The van der Waals surface area contributed by atoms with Gasteiger partial charge in [-0.05, 0) is 25.0 Å². The summed E-state index contributed by atoms with van der Waals surface area (Å²) >= 11 is 6.42. The molecule has 0 fully saturated rings. The molecule has 0 saturated carbocycles. The van der Waals surface area contributed by atoms with Crippen molar-refractivity contribution in [3.05, 3.63) is 58.8 Å². The van der Waals surface area contributed by atoms with E-state index in [0.29, 0.717) is 11.7 Å². The fourth-order valence-electron chi connectivity index (χ4n) is 3.18. The number of aromatic nitrogens is 5. The Bertz CT molecular complexity index is 1070. The molecule has 1 aromatic carbocycles. The molecule has 0 aliphatic rings. The maximum atomic E-state index is 6.42. The van der Waals surface area contributed by atoms with Gasteiger partial charge in [0.15, 0.2) is 5.65 Å². The highest BCUT2D eigenvalue weighted by atomic mass is 35.5. The average molecular weight is 352 g/mol. The zero-order chi connectivity index (χ0) is 17.4. The second-order valence-corrected chi connectivity index (χ2v) is 6.32. The van der Waals surface area contributed by atoms with Crippen molar-refractivity contribution >= 4 is 33.5 Å². The van der Waals surface area contributed by atoms with Crippen LogP contribution in [0.4, 0.5) is 0 Å². The Morgan fingerprint density at radius 1 is 1.04 bits per heavy atom. The highest BCUT2D eigenvalue weighted by molar-refractivity contribution is 6.30. The van der Waals surface area contributed by atoms with Gasteiger partial charge in [0.25, 0.3) is 0 Å². The van der Waals surface area contributed by atoms with E-state index < -0.39 is 0 Å². The van der Waals surface area contributed by atoms with E-state index in [1.165, 1.54) is 0 Å². The first-order valence-electron chi connectivity index (χ1n) is 8.44. The number of hydrogen-bond acceptors (Lipinski definition) is 4. The van der Waals surface area contributed by atoms with Gasteiger partial charge in [-0.2, -0.15) is 5.10 Å². The molecule has 0 radical (unpaired) electrons. The molecular formula is C19H18ClN5. The quantitative estimate of drug-likeness (QED) is 0.517. The lowest BCUT2D eigenvalue weighted by atomic mass is 10.1. The minimum Gasteiger partial charge on any atom is -0.242 e. The maximum absolute atomic E-state index is 6.42. The van der Waals surface area contributed by atoms with E-state index in [1.54, 1.807) is 6.33 Å². The maximum Gasteiger partial charge on any atom is 0.162 e. The molecule has 0 N–H and O–H groups in total. The summed E-state index contributed by atoms with van der Waals surface area (Å²) in [7, 11) is 0. The van der Waals surface area contributed by atoms with Gasteiger partial charge in [-0.25, -0.2) is 19.6 Å². The van der Waals surface area contributed by atoms with Crippen LogP contribution < -0.4 is 0 Å². The first kappa shape index (κ1) is 16.0. The largest absolute Gasteiger partial charge is 0.242 e. The van der Waals surface area contributed by atoms with E-state index in [4.69, 9.17) is 16.7 Å². The number of fused-ring (bicyclic) bond motifs is 2. The van der Waals surface area contributed by atoms with Crippen molar-refractivity contribution in [2.45, 2.75) is 33.2 Å². The molecule has 0 aliphatic heterocycles. The molecule has 5 nitrogen and oxygen atoms in total. The number of hydrogen-bond donors (Lipinski definition) is 0. The minimum absolute atomic E-state index is 0.505. The summed E-state index contributed by atoms with van der Waals surface area (Å²) in [5.74, 6) is 0. The number of benzene rings is 1. The van der Waals surface area contributed by atoms with Gasteiger partial charge in [0.05, 0.1) is 28.8 Å². The summed E-state index contributed by atoms with van der Waals surface area (Å²) < 4.78 is 1.91. The second-order valence-electron chi connectivity index (χ2n) is 5.96. The molecule has 0 bridgehead atoms. The molecule has 25 heavy (non-hydrogen) atoms. The summed E-state index contributed by atoms with van der Waals surface area (Å²) in [5.41, 5.74) is 4.75. The van der Waals surface area contributed by atoms with E-state index in [-0.39, 0.29) is 0 Å². The molecule has 0 spiro atoms. The third kappa shape index (κ3) is 2.74. The standard InChI is InChI=1S/C19H18ClN5/c1-3-14-17-15(4-2)24-25(19(17)22-11-21-14)10-13-9-12-7-5-6-8-16(12)23-18(13)20/h5-9,11H,3-4,10H2,1-2H3. The predicted octanol–water partition coefficient (Wildman–Crippen LogP) is 4.20. The lowest BCUT2D eigenvalue weighted by Gasteiger charge is -2.07. The molecule has 3 aromatic heterocycles. The summed E-state index contributed by atoms with van der Waals surface area (Å²) in [6.45, 7) is 4.74. The number of para-hydroxylation sites is 1. The van der Waals surface area contributed by atoms with Crippen molar-refractivity contribution in [3.8, 4) is 0 Å². The molecular weight excluding hydrogens is 334 g/mol. The van der Waals surface area contributed by atoms with Crippen LogP contribution in [-0.4, -0.2) is 24.7 Å². The van der Waals surface area contributed by atoms with Crippen molar-refractivity contribution in [3.63, 3.8) is 0 Å². The Hall–Kier alpha value is -2.53. The zero-order valence-electron chi connectivity index (χ0n) is 14.2. The molecule has 126 valence electrons. The lowest BCUT2D eigenvalue weighted by Crippen LogP contribution is -2.05. The van der Waals surface area contributed by atoms with Crippen LogP contribution in [0.5, 0.6) is 0 Å². The second kappa shape index (κ2) is 6.41. The van der Waals surface area contributed by atoms with Crippen LogP contribution in [0.2, 0.25) is 5.15 Å². The highest BCUT2D eigenvalue weighted by Gasteiger charge is 2.16. The van der Waals surface area contributed by atoms with Gasteiger partial charge < -0.3 is 0 Å². The van der Waals surface area contributed by atoms with Crippen LogP contribution in [0.3, 0.4) is 0 Å². The Kier molecular flexibility index (Phi) is 4.09. The molecule has 0 atom stereocenters. The molecule has 3 heterocycles. The van der Waals surface area contributed by atoms with Crippen LogP contribution in [0.25, 0.3) is 21.9 Å². The highest BCUT2D eigenvalue weighted by Crippen LogP contribution is 2.25. The van der Waals surface area contributed by atoms with Crippen LogP contribution in [-0.2, 0) is 19.4 Å². The molecule has 0 aliphatic carbocycles. The molecule has 0 unspecified atom stereocenters. The summed E-state index contributed by atoms with van der Waals surface area (Å²) in [4.78, 5) is 13.4. The van der Waals surface area contributed by atoms with Crippen LogP contribution in [0.1, 0.15) is 30.8 Å². The molecule has 0 amide bonds. The first-order valence-corrected chi connectivity index (χ1v) is 8.82. The summed E-state index contributed by atoms with van der Waals surface area (Å²) in [6.07, 6.45) is 3.31. The van der Waals surface area contributed by atoms with E-state index in [9.17, 15) is 0 Å². The van der Waals surface area contributed by atoms with Gasteiger partial charge >= 0.3 is 0 Å². The Labute approximate surface area is 150 Å². The van der Waals surface area contributed by atoms with Crippen molar-refractivity contribution in [2.24, 2.45) is 0 Å². The van der Waals surface area contributed by atoms with Crippen molar-refractivity contribution < 1.29 is 0 Å². The SMILES string of the molecule is CCc1ncnc2c1c(CC)nn2Cc1cc2ccccc2nc1Cl. The number of aryl methyl sites for hydroxylation is 2. The zero-order valence-corrected chi connectivity index (χ0v) is 15.0. The molecule has 0 saturated heterocycles. The van der Waals surface area contributed by atoms with Gasteiger partial charge in [0.1, 0.15) is 11.5 Å². The van der Waals surface area contributed by atoms with Gasteiger partial charge in [0.2, 0.25) is 0 Å². The van der Waals surface area contributed by atoms with Crippen LogP contribution >= 0.6 is 11.6 Å². The molecule has 4 aromatic rings. The van der Waals surface area contributed by atoms with E-state index in [2.05, 4.69) is 34.9 Å². The Morgan fingerprint density at radius 3 is 2.64 bits per heavy atom. The minimum atomic E-state index is 0.505. The smallest absolute Gasteiger partial charge is 0.162 e.